The number of aromatic nitrogens is 2. The minimum atomic E-state index is -0.241. The Bertz CT molecular complexity index is 870. The lowest BCUT2D eigenvalue weighted by Gasteiger charge is -2.34. The van der Waals surface area contributed by atoms with Crippen molar-refractivity contribution in [2.45, 2.75) is 46.6 Å². The van der Waals surface area contributed by atoms with Crippen molar-refractivity contribution in [3.05, 3.63) is 54.5 Å². The summed E-state index contributed by atoms with van der Waals surface area (Å²) >= 11 is 0. The van der Waals surface area contributed by atoms with Crippen molar-refractivity contribution in [3.63, 3.8) is 0 Å². The van der Waals surface area contributed by atoms with Gasteiger partial charge in [-0.15, -0.1) is 0 Å². The van der Waals surface area contributed by atoms with Gasteiger partial charge in [0.2, 0.25) is 0 Å². The van der Waals surface area contributed by atoms with Crippen LogP contribution in [-0.4, -0.2) is 14.9 Å². The molecule has 0 atom stereocenters. The molecule has 1 aromatic carbocycles. The molecule has 3 aromatic rings. The first-order valence-corrected chi connectivity index (χ1v) is 8.66. The van der Waals surface area contributed by atoms with E-state index < -0.39 is 0 Å². The molecule has 0 radical (unpaired) electrons. The number of anilines is 1. The van der Waals surface area contributed by atoms with Crippen LogP contribution in [0, 0.1) is 11.2 Å². The zero-order valence-electron chi connectivity index (χ0n) is 15.6. The van der Waals surface area contributed by atoms with Crippen LogP contribution in [0.4, 0.5) is 10.2 Å². The zero-order valence-corrected chi connectivity index (χ0v) is 15.6. The minimum Gasteiger partial charge on any atom is -0.364 e. The van der Waals surface area contributed by atoms with Crippen molar-refractivity contribution in [2.75, 3.05) is 5.32 Å². The highest BCUT2D eigenvalue weighted by molar-refractivity contribution is 5.76. The van der Waals surface area contributed by atoms with Gasteiger partial charge in [0.15, 0.2) is 0 Å². The van der Waals surface area contributed by atoms with E-state index in [1.807, 2.05) is 24.4 Å². The lowest BCUT2D eigenvalue weighted by atomic mass is 9.82. The number of fused-ring (bicyclic) bond motifs is 1. The highest BCUT2D eigenvalue weighted by atomic mass is 19.1. The van der Waals surface area contributed by atoms with Gasteiger partial charge in [-0.1, -0.05) is 26.8 Å². The molecule has 3 nitrogen and oxygen atoms in total. The highest BCUT2D eigenvalue weighted by Gasteiger charge is 2.27. The highest BCUT2D eigenvalue weighted by Crippen LogP contribution is 2.34. The summed E-state index contributed by atoms with van der Waals surface area (Å²) in [5.41, 5.74) is 2.70. The fraction of sp³-hybridized carbons (Fsp3) is 0.381. The summed E-state index contributed by atoms with van der Waals surface area (Å²) in [6.07, 6.45) is 3.01. The SMILES string of the molecule is CC(C)(C)CC(C)(C)Nc1c(-c2ccc(F)cc2)nc2ccccn12. The molecular formula is C21H26FN3. The molecule has 0 amide bonds. The molecular weight excluding hydrogens is 313 g/mol. The Hall–Kier alpha value is -2.36. The van der Waals surface area contributed by atoms with Crippen LogP contribution in [0.5, 0.6) is 0 Å². The zero-order chi connectivity index (χ0) is 18.2. The van der Waals surface area contributed by atoms with Gasteiger partial charge in [-0.3, -0.25) is 4.40 Å². The number of benzene rings is 1. The Morgan fingerprint density at radius 2 is 1.68 bits per heavy atom. The Labute approximate surface area is 148 Å². The number of hydrogen-bond donors (Lipinski definition) is 1. The third kappa shape index (κ3) is 4.01. The summed E-state index contributed by atoms with van der Waals surface area (Å²) in [5.74, 6) is 0.701. The second-order valence-electron chi connectivity index (χ2n) is 8.49. The van der Waals surface area contributed by atoms with Crippen LogP contribution in [0.3, 0.4) is 0 Å². The Morgan fingerprint density at radius 1 is 1.00 bits per heavy atom. The average molecular weight is 339 g/mol. The van der Waals surface area contributed by atoms with E-state index in [1.54, 1.807) is 12.1 Å². The van der Waals surface area contributed by atoms with Crippen molar-refractivity contribution >= 4 is 11.5 Å². The molecule has 0 saturated heterocycles. The molecule has 0 aliphatic rings. The first-order valence-electron chi connectivity index (χ1n) is 8.66. The monoisotopic (exact) mass is 339 g/mol. The van der Waals surface area contributed by atoms with Gasteiger partial charge in [0.05, 0.1) is 0 Å². The van der Waals surface area contributed by atoms with Gasteiger partial charge in [-0.25, -0.2) is 9.37 Å². The number of imidazole rings is 1. The van der Waals surface area contributed by atoms with E-state index in [1.165, 1.54) is 12.1 Å². The van der Waals surface area contributed by atoms with Crippen molar-refractivity contribution in [1.29, 1.82) is 0 Å². The minimum absolute atomic E-state index is 0.112. The molecule has 0 spiro atoms. The van der Waals surface area contributed by atoms with Crippen LogP contribution < -0.4 is 5.32 Å². The maximum atomic E-state index is 13.3. The molecule has 0 bridgehead atoms. The number of nitrogens with zero attached hydrogens (tertiary/aromatic N) is 2. The lowest BCUT2D eigenvalue weighted by molar-refractivity contribution is 0.302. The molecule has 0 aliphatic heterocycles. The van der Waals surface area contributed by atoms with E-state index >= 15 is 0 Å². The maximum absolute atomic E-state index is 13.3. The Morgan fingerprint density at radius 3 is 2.32 bits per heavy atom. The second-order valence-corrected chi connectivity index (χ2v) is 8.49. The second kappa shape index (κ2) is 6.17. The topological polar surface area (TPSA) is 29.3 Å². The Kier molecular flexibility index (Phi) is 4.31. The van der Waals surface area contributed by atoms with Crippen molar-refractivity contribution in [1.82, 2.24) is 9.38 Å². The van der Waals surface area contributed by atoms with E-state index in [4.69, 9.17) is 4.98 Å². The molecule has 2 aromatic heterocycles. The van der Waals surface area contributed by atoms with E-state index in [9.17, 15) is 4.39 Å². The fourth-order valence-corrected chi connectivity index (χ4v) is 3.61. The quantitative estimate of drug-likeness (QED) is 0.654. The number of rotatable bonds is 4. The fourth-order valence-electron chi connectivity index (χ4n) is 3.61. The van der Waals surface area contributed by atoms with Crippen LogP contribution in [-0.2, 0) is 0 Å². The summed E-state index contributed by atoms with van der Waals surface area (Å²) in [7, 11) is 0. The van der Waals surface area contributed by atoms with Crippen LogP contribution in [0.1, 0.15) is 41.0 Å². The molecule has 25 heavy (non-hydrogen) atoms. The number of halogens is 1. The summed E-state index contributed by atoms with van der Waals surface area (Å²) < 4.78 is 15.4. The number of nitrogens with one attached hydrogen (secondary N) is 1. The summed E-state index contributed by atoms with van der Waals surface area (Å²) in [4.78, 5) is 4.77. The van der Waals surface area contributed by atoms with Gasteiger partial charge in [-0.05, 0) is 62.1 Å². The lowest BCUT2D eigenvalue weighted by Crippen LogP contribution is -2.36. The van der Waals surface area contributed by atoms with Gasteiger partial charge in [-0.2, -0.15) is 0 Å². The van der Waals surface area contributed by atoms with Gasteiger partial charge in [0.1, 0.15) is 23.0 Å². The van der Waals surface area contributed by atoms with E-state index in [-0.39, 0.29) is 16.8 Å². The number of pyridine rings is 1. The van der Waals surface area contributed by atoms with Gasteiger partial charge in [0.25, 0.3) is 0 Å². The smallest absolute Gasteiger partial charge is 0.139 e. The van der Waals surface area contributed by atoms with E-state index in [2.05, 4.69) is 44.3 Å². The molecule has 2 heterocycles. The third-order valence-corrected chi connectivity index (χ3v) is 4.08. The molecule has 0 saturated carbocycles. The summed E-state index contributed by atoms with van der Waals surface area (Å²) in [6.45, 7) is 11.1. The van der Waals surface area contributed by atoms with E-state index in [0.29, 0.717) is 0 Å². The molecule has 0 fully saturated rings. The molecule has 4 heteroatoms. The predicted octanol–water partition coefficient (Wildman–Crippen LogP) is 5.77. The van der Waals surface area contributed by atoms with Crippen LogP contribution in [0.25, 0.3) is 16.9 Å². The standard InChI is InChI=1S/C21H26FN3/c1-20(2,3)14-21(4,5)24-19-18(15-9-11-16(22)12-10-15)23-17-8-6-7-13-25(17)19/h6-13,24H,14H2,1-5H3. The predicted molar refractivity (Wildman–Crippen MR) is 102 cm³/mol. The van der Waals surface area contributed by atoms with Crippen molar-refractivity contribution in [3.8, 4) is 11.3 Å². The molecule has 1 N–H and O–H groups in total. The van der Waals surface area contributed by atoms with Crippen molar-refractivity contribution in [2.24, 2.45) is 5.41 Å². The van der Waals surface area contributed by atoms with Crippen LogP contribution in [0.2, 0.25) is 0 Å². The summed E-state index contributed by atoms with van der Waals surface area (Å²) in [6, 6.07) is 12.5. The normalized spacial score (nSPS) is 12.6. The maximum Gasteiger partial charge on any atom is 0.139 e. The molecule has 3 rings (SSSR count). The Balaban J connectivity index is 2.09. The molecule has 0 aliphatic carbocycles. The van der Waals surface area contributed by atoms with Gasteiger partial charge < -0.3 is 5.32 Å². The summed E-state index contributed by atoms with van der Waals surface area (Å²) in [5, 5.41) is 3.69. The third-order valence-electron chi connectivity index (χ3n) is 4.08. The van der Waals surface area contributed by atoms with Gasteiger partial charge >= 0.3 is 0 Å². The molecule has 132 valence electrons. The van der Waals surface area contributed by atoms with Gasteiger partial charge in [0, 0.05) is 17.3 Å². The number of hydrogen-bond acceptors (Lipinski definition) is 2. The first kappa shape index (κ1) is 17.5. The van der Waals surface area contributed by atoms with Crippen LogP contribution >= 0.6 is 0 Å². The largest absolute Gasteiger partial charge is 0.364 e. The molecule has 0 unspecified atom stereocenters. The average Bonchev–Trinajstić information content (AvgIpc) is 2.84. The van der Waals surface area contributed by atoms with Crippen molar-refractivity contribution < 1.29 is 4.39 Å². The van der Waals surface area contributed by atoms with Crippen LogP contribution in [0.15, 0.2) is 48.7 Å². The van der Waals surface area contributed by atoms with E-state index in [0.717, 1.165) is 29.1 Å². The first-order chi connectivity index (χ1) is 11.6.